The monoisotopic (exact) mass is 223 g/mol. The van der Waals surface area contributed by atoms with Crippen LogP contribution in [0.4, 0.5) is 5.69 Å². The third-order valence-corrected chi connectivity index (χ3v) is 2.37. The van der Waals surface area contributed by atoms with E-state index in [0.29, 0.717) is 0 Å². The molecule has 5 nitrogen and oxygen atoms in total. The second kappa shape index (κ2) is 7.16. The average molecular weight is 223 g/mol. The fourth-order valence-corrected chi connectivity index (χ4v) is 1.42. The Morgan fingerprint density at radius 1 is 1.25 bits per heavy atom. The number of anilines is 1. The van der Waals surface area contributed by atoms with Crippen LogP contribution < -0.4 is 11.1 Å². The van der Waals surface area contributed by atoms with Crippen LogP contribution in [0.2, 0.25) is 0 Å². The van der Waals surface area contributed by atoms with Crippen molar-refractivity contribution >= 4 is 5.69 Å². The minimum atomic E-state index is 0.759. The van der Waals surface area contributed by atoms with Gasteiger partial charge in [-0.15, -0.1) is 0 Å². The predicted molar refractivity (Wildman–Crippen MR) is 66.8 cm³/mol. The van der Waals surface area contributed by atoms with Crippen molar-refractivity contribution in [3.05, 3.63) is 24.5 Å². The topological polar surface area (TPSA) is 57.4 Å². The van der Waals surface area contributed by atoms with Crippen molar-refractivity contribution in [2.24, 2.45) is 0 Å². The van der Waals surface area contributed by atoms with E-state index in [9.17, 15) is 0 Å². The van der Waals surface area contributed by atoms with Crippen molar-refractivity contribution in [2.45, 2.75) is 0 Å². The summed E-state index contributed by atoms with van der Waals surface area (Å²) < 4.78 is 0. The lowest BCUT2D eigenvalue weighted by Gasteiger charge is -2.32. The van der Waals surface area contributed by atoms with Gasteiger partial charge < -0.3 is 11.1 Å². The van der Waals surface area contributed by atoms with Crippen molar-refractivity contribution in [1.82, 2.24) is 20.3 Å². The van der Waals surface area contributed by atoms with Gasteiger partial charge in [-0.05, 0) is 12.1 Å². The van der Waals surface area contributed by atoms with Crippen LogP contribution in [-0.4, -0.2) is 55.3 Å². The normalized spacial score (nSPS) is 16.7. The molecule has 1 aromatic heterocycles. The first-order valence-corrected chi connectivity index (χ1v) is 5.48. The van der Waals surface area contributed by atoms with Crippen LogP contribution in [0.3, 0.4) is 0 Å². The molecule has 1 aliphatic heterocycles. The van der Waals surface area contributed by atoms with Crippen molar-refractivity contribution in [1.29, 1.82) is 0 Å². The van der Waals surface area contributed by atoms with Gasteiger partial charge in [0.1, 0.15) is 0 Å². The van der Waals surface area contributed by atoms with E-state index >= 15 is 0 Å². The maximum absolute atomic E-state index is 5.32. The van der Waals surface area contributed by atoms with E-state index in [2.05, 4.69) is 34.4 Å². The highest BCUT2D eigenvalue weighted by Crippen LogP contribution is 1.93. The third-order valence-electron chi connectivity index (χ3n) is 2.37. The second-order valence-corrected chi connectivity index (χ2v) is 3.83. The van der Waals surface area contributed by atoms with Gasteiger partial charge in [0.2, 0.25) is 0 Å². The summed E-state index contributed by atoms with van der Waals surface area (Å²) in [4.78, 5) is 3.77. The van der Waals surface area contributed by atoms with Crippen LogP contribution in [-0.2, 0) is 0 Å². The molecule has 2 rings (SSSR count). The number of nitrogens with two attached hydrogens (primary N) is 1. The predicted octanol–water partition coefficient (Wildman–Crippen LogP) is 0.0320. The second-order valence-electron chi connectivity index (χ2n) is 3.83. The Bertz CT molecular complexity index is 269. The number of hydrogen-bond donors (Lipinski definition) is 2. The van der Waals surface area contributed by atoms with Gasteiger partial charge in [0, 0.05) is 58.4 Å². The molecule has 0 saturated carbocycles. The summed E-state index contributed by atoms with van der Waals surface area (Å²) in [6.45, 7) is 4.54. The number of aromatic nitrogens is 1. The molecular weight excluding hydrogens is 202 g/mol. The maximum Gasteiger partial charge on any atom is 0.0344 e. The van der Waals surface area contributed by atoms with Gasteiger partial charge in [0.05, 0.1) is 0 Å². The van der Waals surface area contributed by atoms with E-state index in [1.54, 1.807) is 24.5 Å². The number of nitrogens with one attached hydrogen (secondary N) is 1. The van der Waals surface area contributed by atoms with E-state index in [1.807, 2.05) is 0 Å². The van der Waals surface area contributed by atoms with E-state index in [-0.39, 0.29) is 0 Å². The lowest BCUT2D eigenvalue weighted by molar-refractivity contribution is 0.0141. The number of rotatable bonds is 1. The molecule has 1 aromatic rings. The van der Waals surface area contributed by atoms with E-state index in [4.69, 9.17) is 5.73 Å². The summed E-state index contributed by atoms with van der Waals surface area (Å²) in [5, 5.41) is 7.78. The fourth-order valence-electron chi connectivity index (χ4n) is 1.42. The van der Waals surface area contributed by atoms with Crippen LogP contribution in [0.25, 0.3) is 0 Å². The molecule has 1 aliphatic rings. The van der Waals surface area contributed by atoms with Gasteiger partial charge in [0.15, 0.2) is 0 Å². The zero-order chi connectivity index (χ0) is 11.8. The van der Waals surface area contributed by atoms with E-state index in [1.165, 1.54) is 0 Å². The molecule has 0 unspecified atom stereocenters. The smallest absolute Gasteiger partial charge is 0.0344 e. The largest absolute Gasteiger partial charge is 0.399 e. The quantitative estimate of drug-likeness (QED) is 0.703. The first-order valence-electron chi connectivity index (χ1n) is 5.48. The minimum absolute atomic E-state index is 0.759. The minimum Gasteiger partial charge on any atom is -0.399 e. The van der Waals surface area contributed by atoms with Crippen molar-refractivity contribution in [2.75, 3.05) is 46.0 Å². The summed E-state index contributed by atoms with van der Waals surface area (Å²) in [7, 11) is 4.18. The molecule has 5 heteroatoms. The number of hydrogen-bond acceptors (Lipinski definition) is 5. The Balaban J connectivity index is 0.000000165. The van der Waals surface area contributed by atoms with Crippen LogP contribution in [0.5, 0.6) is 0 Å². The molecule has 3 N–H and O–H groups in total. The van der Waals surface area contributed by atoms with E-state index < -0.39 is 0 Å². The summed E-state index contributed by atoms with van der Waals surface area (Å²) in [5.41, 5.74) is 6.08. The lowest BCUT2D eigenvalue weighted by atomic mass is 10.4. The molecular formula is C11H21N5. The van der Waals surface area contributed by atoms with Gasteiger partial charge in [-0.1, -0.05) is 0 Å². The van der Waals surface area contributed by atoms with Gasteiger partial charge in [0.25, 0.3) is 0 Å². The zero-order valence-corrected chi connectivity index (χ0v) is 10.1. The van der Waals surface area contributed by atoms with E-state index in [0.717, 1.165) is 31.9 Å². The Morgan fingerprint density at radius 2 is 1.81 bits per heavy atom. The zero-order valence-electron chi connectivity index (χ0n) is 10.1. The first-order chi connectivity index (χ1) is 7.70. The number of hydrazine groups is 1. The van der Waals surface area contributed by atoms with Gasteiger partial charge in [-0.3, -0.25) is 4.98 Å². The third kappa shape index (κ3) is 5.06. The highest BCUT2D eigenvalue weighted by Gasteiger charge is 2.09. The Hall–Kier alpha value is -1.17. The van der Waals surface area contributed by atoms with Gasteiger partial charge >= 0.3 is 0 Å². The standard InChI is InChI=1S/C6H15N3.C5H6N2/c1-8(2)9-5-3-7-4-6-9;6-5-1-3-7-4-2-5/h7H,3-6H2,1-2H3;1-4H,(H2,6,7). The number of pyridine rings is 1. The van der Waals surface area contributed by atoms with Crippen LogP contribution in [0.1, 0.15) is 0 Å². The molecule has 1 saturated heterocycles. The number of piperazine rings is 1. The van der Waals surface area contributed by atoms with Crippen LogP contribution in [0, 0.1) is 0 Å². The molecule has 0 amide bonds. The molecule has 2 heterocycles. The summed E-state index contributed by atoms with van der Waals surface area (Å²) in [5.74, 6) is 0. The van der Waals surface area contributed by atoms with Crippen molar-refractivity contribution in [3.63, 3.8) is 0 Å². The summed E-state index contributed by atoms with van der Waals surface area (Å²) >= 11 is 0. The van der Waals surface area contributed by atoms with Crippen LogP contribution >= 0.6 is 0 Å². The molecule has 0 radical (unpaired) electrons. The SMILES string of the molecule is CN(C)N1CCNCC1.Nc1ccncc1. The van der Waals surface area contributed by atoms with Gasteiger partial charge in [-0.2, -0.15) is 0 Å². The molecule has 0 aliphatic carbocycles. The molecule has 16 heavy (non-hydrogen) atoms. The average Bonchev–Trinajstić information content (AvgIpc) is 2.32. The molecule has 0 bridgehead atoms. The molecule has 90 valence electrons. The maximum atomic E-state index is 5.32. The van der Waals surface area contributed by atoms with Gasteiger partial charge in [-0.25, -0.2) is 10.0 Å². The summed E-state index contributed by atoms with van der Waals surface area (Å²) in [6.07, 6.45) is 3.32. The molecule has 1 fully saturated rings. The summed E-state index contributed by atoms with van der Waals surface area (Å²) in [6, 6.07) is 3.50. The molecule has 0 atom stereocenters. The lowest BCUT2D eigenvalue weighted by Crippen LogP contribution is -2.49. The molecule has 0 aromatic carbocycles. The highest BCUT2D eigenvalue weighted by atomic mass is 15.6. The van der Waals surface area contributed by atoms with Crippen molar-refractivity contribution in [3.8, 4) is 0 Å². The Labute approximate surface area is 97.2 Å². The highest BCUT2D eigenvalue weighted by molar-refractivity contribution is 5.33. The fraction of sp³-hybridized carbons (Fsp3) is 0.545. The molecule has 0 spiro atoms. The van der Waals surface area contributed by atoms with Crippen LogP contribution in [0.15, 0.2) is 24.5 Å². The Kier molecular flexibility index (Phi) is 5.77. The number of nitrogen functional groups attached to an aromatic ring is 1. The first kappa shape index (κ1) is 12.9. The number of nitrogens with zero attached hydrogens (tertiary/aromatic N) is 3. The Morgan fingerprint density at radius 3 is 2.12 bits per heavy atom. The van der Waals surface area contributed by atoms with Crippen molar-refractivity contribution < 1.29 is 0 Å².